The molecular formula is C45H64ClN9O12. The third-order valence-electron chi connectivity index (χ3n) is 11.1. The largest absolute Gasteiger partial charge is 0.394 e. The van der Waals surface area contributed by atoms with Crippen LogP contribution >= 0.6 is 11.6 Å². The fraction of sp³-hybridized carbons (Fsp3) is 0.489. The number of unbranched alkanes of at least 4 members (excludes halogenated alkanes) is 1. The summed E-state index contributed by atoms with van der Waals surface area (Å²) in [5, 5.41) is 107. The zero-order valence-electron chi connectivity index (χ0n) is 37.1. The fourth-order valence-electron chi connectivity index (χ4n) is 7.14. The van der Waals surface area contributed by atoms with E-state index < -0.39 is 74.0 Å². The highest BCUT2D eigenvalue weighted by atomic mass is 35.5. The molecule has 9 atom stereocenters. The Hall–Kier alpha value is -4.98. The van der Waals surface area contributed by atoms with Gasteiger partial charge in [0.2, 0.25) is 5.91 Å². The van der Waals surface area contributed by atoms with Gasteiger partial charge in [-0.1, -0.05) is 60.1 Å². The van der Waals surface area contributed by atoms with E-state index in [1.54, 1.807) is 31.2 Å². The predicted molar refractivity (Wildman–Crippen MR) is 251 cm³/mol. The van der Waals surface area contributed by atoms with Gasteiger partial charge in [-0.2, -0.15) is 0 Å². The van der Waals surface area contributed by atoms with E-state index in [0.29, 0.717) is 37.2 Å². The average molecular weight is 959 g/mol. The molecule has 4 aromatic rings. The van der Waals surface area contributed by atoms with Gasteiger partial charge in [-0.15, -0.1) is 0 Å². The standard InChI is InChI=1S/C45H64ClN9O12/c1-24-41(46)53-36(42(48)51-24)44(67)54-45(49)50-15-3-2-5-26-7-11-29-18-27(8-12-28(29)17-26)19-31(47)43(66)52-30-13-9-25(10-14-30)6-4-16-55(20-32(58)37(62)39(64)34(60)22-56)21-33(59)38(63)40(65)35(61)23-57/h7-14,17-18,31-35,37-40,56-65H,2-6,15-16,19-23,47H2,1H3,(H2,48,51)(H,52,66)(H3,49,50,54,67). The third-order valence-corrected chi connectivity index (χ3v) is 11.5. The number of halogens is 1. The van der Waals surface area contributed by atoms with Crippen LogP contribution in [0.3, 0.4) is 0 Å². The highest BCUT2D eigenvalue weighted by Gasteiger charge is 2.34. The van der Waals surface area contributed by atoms with Gasteiger partial charge in [-0.3, -0.25) is 24.8 Å². The number of guanidine groups is 1. The van der Waals surface area contributed by atoms with Gasteiger partial charge in [0, 0.05) is 25.3 Å². The van der Waals surface area contributed by atoms with Gasteiger partial charge < -0.3 is 73.6 Å². The van der Waals surface area contributed by atoms with Crippen molar-refractivity contribution >= 4 is 51.7 Å². The van der Waals surface area contributed by atoms with Crippen molar-refractivity contribution in [3.8, 4) is 0 Å². The Morgan fingerprint density at radius 2 is 1.25 bits per heavy atom. The molecule has 368 valence electrons. The number of anilines is 2. The number of fused-ring (bicyclic) bond motifs is 1. The van der Waals surface area contributed by atoms with Crippen molar-refractivity contribution < 1.29 is 60.7 Å². The number of aromatic nitrogens is 2. The molecule has 3 aromatic carbocycles. The first-order valence-electron chi connectivity index (χ1n) is 21.8. The van der Waals surface area contributed by atoms with Gasteiger partial charge in [0.1, 0.15) is 36.6 Å². The summed E-state index contributed by atoms with van der Waals surface area (Å²) >= 11 is 5.96. The van der Waals surface area contributed by atoms with E-state index in [1.807, 2.05) is 30.3 Å². The smallest absolute Gasteiger partial charge is 0.280 e. The lowest BCUT2D eigenvalue weighted by Gasteiger charge is -2.33. The van der Waals surface area contributed by atoms with Crippen LogP contribution in [0.1, 0.15) is 52.1 Å². The van der Waals surface area contributed by atoms with Crippen LogP contribution in [0.25, 0.3) is 10.8 Å². The SMILES string of the molecule is Cc1nc(N)c(C(=O)NC(N)=NCCCCc2ccc3cc(CC(N)C(=O)Nc4ccc(CCCN(CC(O)C(O)C(O)C(O)CO)CC(O)C(O)C(O)C(O)CO)cc4)ccc3c2)nc1Cl. The van der Waals surface area contributed by atoms with E-state index in [1.165, 1.54) is 4.90 Å². The van der Waals surface area contributed by atoms with Crippen LogP contribution in [0.2, 0.25) is 5.15 Å². The van der Waals surface area contributed by atoms with E-state index >= 15 is 0 Å². The lowest BCUT2D eigenvalue weighted by molar-refractivity contribution is -0.130. The molecule has 21 nitrogen and oxygen atoms in total. The molecule has 0 aliphatic carbocycles. The summed E-state index contributed by atoms with van der Waals surface area (Å²) in [5.74, 6) is -1.17. The number of aliphatic hydroxyl groups is 10. The number of aliphatic imine (C=N–C) groups is 1. The summed E-state index contributed by atoms with van der Waals surface area (Å²) < 4.78 is 0. The second kappa shape index (κ2) is 26.5. The zero-order valence-corrected chi connectivity index (χ0v) is 37.9. The lowest BCUT2D eigenvalue weighted by Crippen LogP contribution is -2.53. The number of rotatable bonds is 26. The molecule has 0 bridgehead atoms. The summed E-state index contributed by atoms with van der Waals surface area (Å²) in [5.41, 5.74) is 21.7. The molecule has 18 N–H and O–H groups in total. The molecule has 0 fully saturated rings. The molecule has 0 saturated heterocycles. The first-order valence-corrected chi connectivity index (χ1v) is 22.2. The second-order valence-electron chi connectivity index (χ2n) is 16.5. The van der Waals surface area contributed by atoms with Gasteiger partial charge in [-0.25, -0.2) is 9.97 Å². The number of nitrogens with one attached hydrogen (secondary N) is 2. The molecule has 0 saturated carbocycles. The Morgan fingerprint density at radius 3 is 1.84 bits per heavy atom. The molecule has 0 aliphatic heterocycles. The maximum atomic E-state index is 13.1. The maximum Gasteiger partial charge on any atom is 0.280 e. The highest BCUT2D eigenvalue weighted by molar-refractivity contribution is 6.30. The number of benzene rings is 3. The maximum absolute atomic E-state index is 13.1. The third kappa shape index (κ3) is 16.6. The molecule has 2 amide bonds. The monoisotopic (exact) mass is 957 g/mol. The minimum atomic E-state index is -1.89. The molecule has 67 heavy (non-hydrogen) atoms. The normalized spacial score (nSPS) is 16.2. The number of carbonyl (C=O) groups is 2. The van der Waals surface area contributed by atoms with Crippen LogP contribution in [-0.2, 0) is 24.1 Å². The van der Waals surface area contributed by atoms with E-state index in [9.17, 15) is 50.4 Å². The summed E-state index contributed by atoms with van der Waals surface area (Å²) in [6.45, 7) is -0.309. The number of carbonyl (C=O) groups excluding carboxylic acids is 2. The van der Waals surface area contributed by atoms with Crippen LogP contribution in [0.4, 0.5) is 11.5 Å². The molecule has 0 spiro atoms. The number of nitrogens with zero attached hydrogens (tertiary/aromatic N) is 4. The first-order chi connectivity index (χ1) is 31.8. The Kier molecular flexibility index (Phi) is 21.6. The molecule has 1 aromatic heterocycles. The van der Waals surface area contributed by atoms with Crippen molar-refractivity contribution in [3.63, 3.8) is 0 Å². The summed E-state index contributed by atoms with van der Waals surface area (Å²) in [4.78, 5) is 39.2. The van der Waals surface area contributed by atoms with Gasteiger partial charge in [-0.05, 0) is 91.6 Å². The molecule has 0 aliphatic rings. The Morgan fingerprint density at radius 1 is 0.731 bits per heavy atom. The topological polar surface area (TPSA) is 380 Å². The van der Waals surface area contributed by atoms with E-state index in [2.05, 4.69) is 31.7 Å². The van der Waals surface area contributed by atoms with Crippen LogP contribution in [0.15, 0.2) is 65.7 Å². The van der Waals surface area contributed by atoms with Crippen LogP contribution in [0.5, 0.6) is 0 Å². The fourth-order valence-corrected chi connectivity index (χ4v) is 7.26. The van der Waals surface area contributed by atoms with Crippen molar-refractivity contribution in [2.75, 3.05) is 50.4 Å². The highest BCUT2D eigenvalue weighted by Crippen LogP contribution is 2.21. The van der Waals surface area contributed by atoms with Gasteiger partial charge in [0.05, 0.1) is 37.2 Å². The molecular weight excluding hydrogens is 894 g/mol. The summed E-state index contributed by atoms with van der Waals surface area (Å²) in [6, 6.07) is 18.3. The number of aliphatic hydroxyl groups excluding tert-OH is 10. The Labute approximate surface area is 392 Å². The van der Waals surface area contributed by atoms with Crippen LogP contribution in [-0.4, -0.2) is 178 Å². The molecule has 0 radical (unpaired) electrons. The van der Waals surface area contributed by atoms with E-state index in [0.717, 1.165) is 46.7 Å². The van der Waals surface area contributed by atoms with Gasteiger partial charge in [0.15, 0.2) is 22.6 Å². The number of nitrogens with two attached hydrogens (primary N) is 3. The average Bonchev–Trinajstić information content (AvgIpc) is 3.31. The van der Waals surface area contributed by atoms with Crippen molar-refractivity contribution in [1.82, 2.24) is 20.2 Å². The van der Waals surface area contributed by atoms with Crippen LogP contribution in [0, 0.1) is 6.92 Å². The first kappa shape index (κ1) is 54.6. The number of hydrogen-bond acceptors (Lipinski definition) is 18. The van der Waals surface area contributed by atoms with Crippen molar-refractivity contribution in [2.45, 2.75) is 100 Å². The molecule has 1 heterocycles. The van der Waals surface area contributed by atoms with E-state index in [-0.39, 0.29) is 48.2 Å². The molecule has 22 heteroatoms. The van der Waals surface area contributed by atoms with Crippen molar-refractivity contribution in [1.29, 1.82) is 0 Å². The van der Waals surface area contributed by atoms with Gasteiger partial charge in [0.25, 0.3) is 5.91 Å². The minimum absolute atomic E-state index is 0.0648. The summed E-state index contributed by atoms with van der Waals surface area (Å²) in [7, 11) is 0. The molecule has 9 unspecified atom stereocenters. The van der Waals surface area contributed by atoms with E-state index in [4.69, 9.17) is 39.0 Å². The number of amides is 2. The Balaban J connectivity index is 1.24. The predicted octanol–water partition coefficient (Wildman–Crippen LogP) is -2.14. The van der Waals surface area contributed by atoms with Crippen LogP contribution < -0.4 is 27.8 Å². The Bertz CT molecular complexity index is 2210. The zero-order chi connectivity index (χ0) is 49.4. The number of aryl methyl sites for hydroxylation is 3. The molecule has 4 rings (SSSR count). The van der Waals surface area contributed by atoms with Crippen molar-refractivity contribution in [3.05, 3.63) is 93.9 Å². The number of hydrogen-bond donors (Lipinski definition) is 15. The van der Waals surface area contributed by atoms with Gasteiger partial charge >= 0.3 is 0 Å². The lowest BCUT2D eigenvalue weighted by atomic mass is 9.98. The van der Waals surface area contributed by atoms with Crippen molar-refractivity contribution in [2.24, 2.45) is 16.5 Å². The number of nitrogen functional groups attached to an aromatic ring is 1. The summed E-state index contributed by atoms with van der Waals surface area (Å²) in [6.07, 6.45) is -10.8. The minimum Gasteiger partial charge on any atom is -0.394 e. The quantitative estimate of drug-likeness (QED) is 0.0181. The second-order valence-corrected chi connectivity index (χ2v) is 16.8.